The van der Waals surface area contributed by atoms with Gasteiger partial charge in [0.25, 0.3) is 5.88 Å². The maximum atomic E-state index is 13.1. The molecule has 4 rings (SSSR count). The second-order valence-electron chi connectivity index (χ2n) is 8.27. The largest absolute Gasteiger partial charge is 0.475 e. The van der Waals surface area contributed by atoms with Gasteiger partial charge in [-0.25, -0.2) is 14.8 Å². The molecule has 8 nitrogen and oxygen atoms in total. The van der Waals surface area contributed by atoms with E-state index in [1.807, 2.05) is 31.2 Å². The molecule has 1 fully saturated rings. The van der Waals surface area contributed by atoms with E-state index in [9.17, 15) is 9.59 Å². The molecule has 1 saturated heterocycles. The number of amides is 1. The Labute approximate surface area is 199 Å². The number of carbonyl (C=O) groups is 2. The van der Waals surface area contributed by atoms with E-state index < -0.39 is 5.97 Å². The predicted octanol–water partition coefficient (Wildman–Crippen LogP) is 4.45. The van der Waals surface area contributed by atoms with Crippen molar-refractivity contribution in [2.24, 2.45) is 5.92 Å². The number of benzene rings is 2. The molecule has 8 heteroatoms. The number of rotatable bonds is 8. The molecule has 2 aromatic carbocycles. The summed E-state index contributed by atoms with van der Waals surface area (Å²) in [6.07, 6.45) is 2.48. The molecule has 1 atom stereocenters. The maximum absolute atomic E-state index is 13.1. The molecule has 0 bridgehead atoms. The SMILES string of the molecule is CCCOc1nc2ccccc2nc1N1CCCC(C(=O)Nc2cccc(C(=O)OCC)c2)C1. The molecular formula is C26H30N4O4. The Bertz CT molecular complexity index is 1170. The lowest BCUT2D eigenvalue weighted by molar-refractivity contribution is -0.120. The third-order valence-electron chi connectivity index (χ3n) is 5.70. The number of hydrogen-bond acceptors (Lipinski definition) is 7. The van der Waals surface area contributed by atoms with Gasteiger partial charge in [0.2, 0.25) is 5.91 Å². The van der Waals surface area contributed by atoms with Crippen LogP contribution in [0.3, 0.4) is 0 Å². The van der Waals surface area contributed by atoms with Gasteiger partial charge in [-0.05, 0) is 56.5 Å². The maximum Gasteiger partial charge on any atom is 0.338 e. The summed E-state index contributed by atoms with van der Waals surface area (Å²) >= 11 is 0. The van der Waals surface area contributed by atoms with E-state index in [-0.39, 0.29) is 11.8 Å². The molecule has 1 amide bonds. The van der Waals surface area contributed by atoms with Crippen LogP contribution >= 0.6 is 0 Å². The topological polar surface area (TPSA) is 93.7 Å². The molecule has 1 aromatic heterocycles. The average molecular weight is 463 g/mol. The molecule has 0 radical (unpaired) electrons. The highest BCUT2D eigenvalue weighted by Gasteiger charge is 2.29. The van der Waals surface area contributed by atoms with Crippen molar-refractivity contribution in [3.05, 3.63) is 54.1 Å². The van der Waals surface area contributed by atoms with Crippen LogP contribution in [0.2, 0.25) is 0 Å². The second kappa shape index (κ2) is 11.0. The molecule has 178 valence electrons. The van der Waals surface area contributed by atoms with Crippen LogP contribution in [0, 0.1) is 5.92 Å². The fourth-order valence-electron chi connectivity index (χ4n) is 4.04. The fraction of sp³-hybridized carbons (Fsp3) is 0.385. The number of hydrogen-bond donors (Lipinski definition) is 1. The van der Waals surface area contributed by atoms with Gasteiger partial charge in [0.05, 0.1) is 35.7 Å². The van der Waals surface area contributed by atoms with Crippen LogP contribution in [-0.2, 0) is 9.53 Å². The number of ether oxygens (including phenoxy) is 2. The summed E-state index contributed by atoms with van der Waals surface area (Å²) in [6.45, 7) is 5.95. The van der Waals surface area contributed by atoms with E-state index in [4.69, 9.17) is 19.4 Å². The van der Waals surface area contributed by atoms with Crippen LogP contribution in [-0.4, -0.2) is 48.1 Å². The number of nitrogens with zero attached hydrogens (tertiary/aromatic N) is 3. The van der Waals surface area contributed by atoms with Crippen LogP contribution in [0.15, 0.2) is 48.5 Å². The Morgan fingerprint density at radius 3 is 2.65 bits per heavy atom. The van der Waals surface area contributed by atoms with E-state index in [1.54, 1.807) is 31.2 Å². The van der Waals surface area contributed by atoms with Crippen molar-refractivity contribution in [3.63, 3.8) is 0 Å². The zero-order chi connectivity index (χ0) is 23.9. The summed E-state index contributed by atoms with van der Waals surface area (Å²) in [4.78, 5) is 36.7. The Morgan fingerprint density at radius 1 is 1.09 bits per heavy atom. The summed E-state index contributed by atoms with van der Waals surface area (Å²) < 4.78 is 11.0. The highest BCUT2D eigenvalue weighted by Crippen LogP contribution is 2.31. The number of carbonyl (C=O) groups excluding carboxylic acids is 2. The van der Waals surface area contributed by atoms with Gasteiger partial charge in [-0.2, -0.15) is 0 Å². The van der Waals surface area contributed by atoms with Gasteiger partial charge in [-0.1, -0.05) is 25.1 Å². The Balaban J connectivity index is 1.51. The summed E-state index contributed by atoms with van der Waals surface area (Å²) in [5.74, 6) is 0.456. The number of anilines is 2. The molecule has 1 unspecified atom stereocenters. The number of nitrogens with one attached hydrogen (secondary N) is 1. The highest BCUT2D eigenvalue weighted by molar-refractivity contribution is 5.96. The molecule has 1 aliphatic heterocycles. The van der Waals surface area contributed by atoms with Gasteiger partial charge in [-0.3, -0.25) is 4.79 Å². The lowest BCUT2D eigenvalue weighted by atomic mass is 9.97. The summed E-state index contributed by atoms with van der Waals surface area (Å²) in [5, 5.41) is 2.96. The van der Waals surface area contributed by atoms with Crippen molar-refractivity contribution in [1.29, 1.82) is 0 Å². The molecule has 2 heterocycles. The minimum atomic E-state index is -0.406. The first-order valence-corrected chi connectivity index (χ1v) is 11.8. The number of para-hydroxylation sites is 2. The summed E-state index contributed by atoms with van der Waals surface area (Å²) in [5.41, 5.74) is 2.56. The van der Waals surface area contributed by atoms with Gasteiger partial charge < -0.3 is 19.7 Å². The van der Waals surface area contributed by atoms with Crippen molar-refractivity contribution in [2.75, 3.05) is 36.5 Å². The highest BCUT2D eigenvalue weighted by atomic mass is 16.5. The van der Waals surface area contributed by atoms with E-state index in [2.05, 4.69) is 10.2 Å². The smallest absolute Gasteiger partial charge is 0.338 e. The standard InChI is InChI=1S/C26H30N4O4/c1-3-15-34-25-23(28-21-12-5-6-13-22(21)29-25)30-14-8-10-19(17-30)24(31)27-20-11-7-9-18(16-20)26(32)33-4-2/h5-7,9,11-13,16,19H,3-4,8,10,14-15,17H2,1-2H3,(H,27,31). The van der Waals surface area contributed by atoms with E-state index in [1.165, 1.54) is 0 Å². The molecule has 1 aliphatic rings. The molecule has 0 saturated carbocycles. The first-order chi connectivity index (χ1) is 16.6. The van der Waals surface area contributed by atoms with Crippen molar-refractivity contribution >= 4 is 34.4 Å². The third kappa shape index (κ3) is 5.44. The van der Waals surface area contributed by atoms with Gasteiger partial charge in [0.15, 0.2) is 5.82 Å². The van der Waals surface area contributed by atoms with Gasteiger partial charge in [0, 0.05) is 18.8 Å². The third-order valence-corrected chi connectivity index (χ3v) is 5.70. The monoisotopic (exact) mass is 462 g/mol. The minimum absolute atomic E-state index is 0.0875. The zero-order valence-corrected chi connectivity index (χ0v) is 19.6. The van der Waals surface area contributed by atoms with E-state index >= 15 is 0 Å². The second-order valence-corrected chi connectivity index (χ2v) is 8.27. The van der Waals surface area contributed by atoms with Crippen LogP contribution in [0.5, 0.6) is 5.88 Å². The molecule has 1 N–H and O–H groups in total. The molecule has 34 heavy (non-hydrogen) atoms. The quantitative estimate of drug-likeness (QED) is 0.494. The number of esters is 1. The minimum Gasteiger partial charge on any atom is -0.475 e. The number of piperidine rings is 1. The molecule has 0 aliphatic carbocycles. The average Bonchev–Trinajstić information content (AvgIpc) is 2.87. The van der Waals surface area contributed by atoms with Crippen LogP contribution < -0.4 is 15.0 Å². The molecule has 3 aromatic rings. The van der Waals surface area contributed by atoms with Gasteiger partial charge in [-0.15, -0.1) is 0 Å². The van der Waals surface area contributed by atoms with Crippen molar-refractivity contribution in [3.8, 4) is 5.88 Å². The Hall–Kier alpha value is -3.68. The lowest BCUT2D eigenvalue weighted by Crippen LogP contribution is -2.41. The zero-order valence-electron chi connectivity index (χ0n) is 19.6. The first kappa shape index (κ1) is 23.5. The van der Waals surface area contributed by atoms with Crippen LogP contribution in [0.4, 0.5) is 11.5 Å². The first-order valence-electron chi connectivity index (χ1n) is 11.8. The van der Waals surface area contributed by atoms with Crippen LogP contribution in [0.25, 0.3) is 11.0 Å². The predicted molar refractivity (Wildman–Crippen MR) is 131 cm³/mol. The van der Waals surface area contributed by atoms with Gasteiger partial charge in [0.1, 0.15) is 0 Å². The molecular weight excluding hydrogens is 432 g/mol. The normalized spacial score (nSPS) is 15.7. The number of aromatic nitrogens is 2. The van der Waals surface area contributed by atoms with Crippen molar-refractivity contribution in [1.82, 2.24) is 9.97 Å². The van der Waals surface area contributed by atoms with Crippen LogP contribution in [0.1, 0.15) is 43.5 Å². The fourth-order valence-corrected chi connectivity index (χ4v) is 4.04. The Kier molecular flexibility index (Phi) is 7.57. The van der Waals surface area contributed by atoms with E-state index in [0.717, 1.165) is 36.8 Å². The number of fused-ring (bicyclic) bond motifs is 1. The lowest BCUT2D eigenvalue weighted by Gasteiger charge is -2.33. The summed E-state index contributed by atoms with van der Waals surface area (Å²) in [6, 6.07) is 14.5. The van der Waals surface area contributed by atoms with E-state index in [0.29, 0.717) is 42.7 Å². The van der Waals surface area contributed by atoms with Gasteiger partial charge >= 0.3 is 5.97 Å². The van der Waals surface area contributed by atoms with Crippen molar-refractivity contribution < 1.29 is 19.1 Å². The molecule has 0 spiro atoms. The Morgan fingerprint density at radius 2 is 1.88 bits per heavy atom. The summed E-state index contributed by atoms with van der Waals surface area (Å²) in [7, 11) is 0. The van der Waals surface area contributed by atoms with Crippen molar-refractivity contribution in [2.45, 2.75) is 33.1 Å².